The number of aromatic nitrogens is 4. The number of hydrogen-bond acceptors (Lipinski definition) is 10. The number of likely N-dealkylation sites (tertiary alicyclic amines) is 2. The quantitative estimate of drug-likeness (QED) is 0.126. The summed E-state index contributed by atoms with van der Waals surface area (Å²) in [6.07, 6.45) is 11.2. The molecular weight excluding hydrogens is 789 g/mol. The number of carbonyl (C=O) groups excluding carboxylic acids is 4. The standard InChI is InChI=1S/C19H12N4OS2.C8H14N2O3.C8H14N2O2.2C3H8.C2H6/c24-19-5-13(22-10-23-19)16-7-18-17(26-16)6-15(25-18)12-3-1-11(2-4-12)14-8-20-9-21-14;1-13-8(12)9-6-7(11)10-4-2-3-5-10;1-7(11)9-6-8(12)10-4-2-3-5-10;2*1-3-2;1-2/h1-10H,(H,20,21)(H,22,23,24);2-6H2,1H3,(H,9,12);2-6H2,1H3,(H,9,11);2*3H2,1-2H3;1-2H3. The number of H-pyrrole nitrogens is 2. The molecule has 0 saturated carbocycles. The third-order valence-electron chi connectivity index (χ3n) is 8.09. The number of thiophene rings is 2. The maximum atomic E-state index is 11.5. The van der Waals surface area contributed by atoms with Gasteiger partial charge >= 0.3 is 6.09 Å². The van der Waals surface area contributed by atoms with Crippen LogP contribution in [0.5, 0.6) is 0 Å². The predicted molar refractivity (Wildman–Crippen MR) is 241 cm³/mol. The van der Waals surface area contributed by atoms with E-state index in [9.17, 15) is 24.0 Å². The van der Waals surface area contributed by atoms with E-state index in [1.165, 1.54) is 59.1 Å². The molecule has 4 aromatic heterocycles. The van der Waals surface area contributed by atoms with Crippen LogP contribution in [-0.4, -0.2) is 99.9 Å². The molecule has 4 N–H and O–H groups in total. The van der Waals surface area contributed by atoms with Gasteiger partial charge in [0.05, 0.1) is 48.8 Å². The van der Waals surface area contributed by atoms with Crippen molar-refractivity contribution < 1.29 is 23.9 Å². The van der Waals surface area contributed by atoms with Gasteiger partial charge in [-0.3, -0.25) is 19.2 Å². The second-order valence-corrected chi connectivity index (χ2v) is 15.3. The number of rotatable bonds is 7. The van der Waals surface area contributed by atoms with Crippen LogP contribution in [0.1, 0.15) is 87.0 Å². The molecule has 2 aliphatic heterocycles. The topological polar surface area (TPSA) is 182 Å². The zero-order chi connectivity index (χ0) is 43.6. The Morgan fingerprint density at radius 3 is 1.69 bits per heavy atom. The maximum absolute atomic E-state index is 11.5. The van der Waals surface area contributed by atoms with Gasteiger partial charge in [-0.2, -0.15) is 0 Å². The van der Waals surface area contributed by atoms with Crippen LogP contribution in [0.4, 0.5) is 4.79 Å². The number of benzene rings is 1. The van der Waals surface area contributed by atoms with Crippen LogP contribution in [0.3, 0.4) is 0 Å². The number of aromatic amines is 2. The number of hydrogen-bond donors (Lipinski definition) is 4. The van der Waals surface area contributed by atoms with Crippen molar-refractivity contribution in [2.45, 2.75) is 87.0 Å². The lowest BCUT2D eigenvalue weighted by molar-refractivity contribution is -0.131. The normalized spacial score (nSPS) is 12.4. The van der Waals surface area contributed by atoms with Gasteiger partial charge in [0.2, 0.25) is 17.7 Å². The van der Waals surface area contributed by atoms with Crippen molar-refractivity contribution in [1.29, 1.82) is 0 Å². The van der Waals surface area contributed by atoms with Crippen LogP contribution in [0.15, 0.2) is 66.1 Å². The Kier molecular flexibility index (Phi) is 23.7. The minimum Gasteiger partial charge on any atom is -0.453 e. The first kappa shape index (κ1) is 49.8. The van der Waals surface area contributed by atoms with Crippen molar-refractivity contribution in [3.63, 3.8) is 0 Å². The highest BCUT2D eigenvalue weighted by atomic mass is 32.1. The van der Waals surface area contributed by atoms with Gasteiger partial charge in [0.1, 0.15) is 6.54 Å². The molecule has 2 saturated heterocycles. The minimum absolute atomic E-state index is 0.0303. The van der Waals surface area contributed by atoms with Gasteiger partial charge in [0.25, 0.3) is 5.56 Å². The van der Waals surface area contributed by atoms with Crippen LogP contribution >= 0.6 is 22.7 Å². The highest BCUT2D eigenvalue weighted by molar-refractivity contribution is 7.31. The molecule has 0 radical (unpaired) electrons. The lowest BCUT2D eigenvalue weighted by atomic mass is 10.1. The zero-order valence-corrected chi connectivity index (χ0v) is 37.4. The van der Waals surface area contributed by atoms with Crippen LogP contribution in [0.25, 0.3) is 41.7 Å². The van der Waals surface area contributed by atoms with Gasteiger partial charge in [-0.15, -0.1) is 22.7 Å². The third-order valence-corrected chi connectivity index (χ3v) is 10.5. The van der Waals surface area contributed by atoms with Crippen molar-refractivity contribution in [2.75, 3.05) is 46.4 Å². The summed E-state index contributed by atoms with van der Waals surface area (Å²) in [5.41, 5.74) is 3.90. The molecule has 2 fully saturated rings. The number of methoxy groups -OCH3 is 1. The fourth-order valence-corrected chi connectivity index (χ4v) is 7.78. The van der Waals surface area contributed by atoms with Crippen molar-refractivity contribution in [2.24, 2.45) is 0 Å². The Balaban J connectivity index is 0.000000307. The van der Waals surface area contributed by atoms with Crippen LogP contribution < -0.4 is 16.2 Å². The van der Waals surface area contributed by atoms with E-state index >= 15 is 0 Å². The molecule has 14 nitrogen and oxygen atoms in total. The Morgan fingerprint density at radius 2 is 1.22 bits per heavy atom. The van der Waals surface area contributed by atoms with Gasteiger partial charge in [-0.05, 0) is 48.9 Å². The summed E-state index contributed by atoms with van der Waals surface area (Å²) in [5, 5.41) is 4.85. The number of carbonyl (C=O) groups is 4. The largest absolute Gasteiger partial charge is 0.453 e. The Bertz CT molecular complexity index is 1980. The first-order valence-electron chi connectivity index (χ1n) is 20.3. The van der Waals surface area contributed by atoms with E-state index in [1.807, 2.05) is 20.0 Å². The summed E-state index contributed by atoms with van der Waals surface area (Å²) in [6.45, 7) is 17.4. The molecule has 0 aliphatic carbocycles. The van der Waals surface area contributed by atoms with Gasteiger partial charge in [-0.25, -0.2) is 14.8 Å². The van der Waals surface area contributed by atoms with E-state index in [4.69, 9.17) is 0 Å². The van der Waals surface area contributed by atoms with Gasteiger partial charge in [-0.1, -0.05) is 78.6 Å². The smallest absolute Gasteiger partial charge is 0.407 e. The summed E-state index contributed by atoms with van der Waals surface area (Å²) in [5.74, 6) is -0.159. The second-order valence-electron chi connectivity index (χ2n) is 13.1. The molecule has 16 heteroatoms. The molecular formula is C43H62N8O6S2. The first-order valence-corrected chi connectivity index (χ1v) is 22.0. The number of ether oxygens (including phenoxy) is 1. The molecule has 6 heterocycles. The molecule has 0 atom stereocenters. The molecule has 0 unspecified atom stereocenters. The number of alkyl carbamates (subject to hydrolysis) is 1. The fraction of sp³-hybridized carbons (Fsp3) is 0.465. The average Bonchev–Trinajstić information content (AvgIpc) is 4.10. The molecule has 0 bridgehead atoms. The highest BCUT2D eigenvalue weighted by Gasteiger charge is 2.19. The summed E-state index contributed by atoms with van der Waals surface area (Å²) >= 11 is 3.41. The van der Waals surface area contributed by atoms with E-state index in [2.05, 4.69) is 99.4 Å². The molecule has 4 amide bonds. The second kappa shape index (κ2) is 28.1. The Hall–Kier alpha value is -5.35. The van der Waals surface area contributed by atoms with Gasteiger partial charge in [0, 0.05) is 53.4 Å². The molecule has 5 aromatic rings. The minimum atomic E-state index is -0.562. The fourth-order valence-electron chi connectivity index (χ4n) is 5.41. The Labute approximate surface area is 356 Å². The summed E-state index contributed by atoms with van der Waals surface area (Å²) in [4.78, 5) is 74.9. The van der Waals surface area contributed by atoms with Crippen LogP contribution in [-0.2, 0) is 19.1 Å². The number of nitrogens with zero attached hydrogens (tertiary/aromatic N) is 4. The number of imidazole rings is 1. The lowest BCUT2D eigenvalue weighted by Crippen LogP contribution is -2.38. The van der Waals surface area contributed by atoms with Crippen LogP contribution in [0.2, 0.25) is 0 Å². The van der Waals surface area contributed by atoms with Gasteiger partial charge in [0.15, 0.2) is 0 Å². The van der Waals surface area contributed by atoms with E-state index in [-0.39, 0.29) is 36.4 Å². The van der Waals surface area contributed by atoms with Gasteiger partial charge < -0.3 is 35.1 Å². The zero-order valence-electron chi connectivity index (χ0n) is 35.8. The lowest BCUT2D eigenvalue weighted by Gasteiger charge is -2.14. The molecule has 1 aromatic carbocycles. The molecule has 7 rings (SSSR count). The average molecular weight is 851 g/mol. The van der Waals surface area contributed by atoms with Crippen molar-refractivity contribution in [3.8, 4) is 32.3 Å². The van der Waals surface area contributed by atoms with Crippen LogP contribution in [0, 0.1) is 0 Å². The molecule has 2 aliphatic rings. The summed E-state index contributed by atoms with van der Waals surface area (Å²) in [7, 11) is 1.27. The predicted octanol–water partition coefficient (Wildman–Crippen LogP) is 8.34. The van der Waals surface area contributed by atoms with E-state index < -0.39 is 6.09 Å². The summed E-state index contributed by atoms with van der Waals surface area (Å²) < 4.78 is 6.76. The van der Waals surface area contributed by atoms with E-state index in [1.54, 1.807) is 38.8 Å². The van der Waals surface area contributed by atoms with Crippen molar-refractivity contribution in [3.05, 3.63) is 71.7 Å². The Morgan fingerprint density at radius 1 is 0.729 bits per heavy atom. The van der Waals surface area contributed by atoms with Crippen molar-refractivity contribution in [1.82, 2.24) is 40.4 Å². The molecule has 0 spiro atoms. The third kappa shape index (κ3) is 17.6. The van der Waals surface area contributed by atoms with E-state index in [0.717, 1.165) is 68.0 Å². The maximum Gasteiger partial charge on any atom is 0.407 e. The first-order chi connectivity index (χ1) is 28.5. The SMILES string of the molecule is CC.CC(=O)NCC(=O)N1CCCC1.CCC.CCC.COC(=O)NCC(=O)N1CCCC1.O=c1cc(-c2cc3sc(-c4ccc(-c5cnc[nH]5)cc4)cc3s2)nc[nH]1. The monoisotopic (exact) mass is 850 g/mol. The summed E-state index contributed by atoms with van der Waals surface area (Å²) in [6, 6.07) is 14.3. The molecule has 59 heavy (non-hydrogen) atoms. The highest BCUT2D eigenvalue weighted by Crippen LogP contribution is 2.41. The number of fused-ring (bicyclic) bond motifs is 1. The molecule has 322 valence electrons. The van der Waals surface area contributed by atoms with E-state index in [0.29, 0.717) is 5.69 Å². The number of nitrogens with one attached hydrogen (secondary N) is 4. The number of amides is 4. The van der Waals surface area contributed by atoms with Crippen molar-refractivity contribution >= 4 is 55.9 Å².